The number of hydrogen-bond donors (Lipinski definition) is 2. The average molecular weight is 184 g/mol. The van der Waals surface area contributed by atoms with Crippen molar-refractivity contribution in [3.63, 3.8) is 0 Å². The molecule has 0 aliphatic carbocycles. The van der Waals surface area contributed by atoms with Crippen LogP contribution in [0.15, 0.2) is 0 Å². The van der Waals surface area contributed by atoms with Gasteiger partial charge in [0, 0.05) is 18.6 Å². The third kappa shape index (κ3) is 2.03. The molecule has 0 aromatic heterocycles. The molecule has 0 spiro atoms. The van der Waals surface area contributed by atoms with Crippen LogP contribution in [0, 0.1) is 5.92 Å². The van der Waals surface area contributed by atoms with E-state index in [2.05, 4.69) is 17.1 Å². The van der Waals surface area contributed by atoms with Crippen LogP contribution in [0.4, 0.5) is 0 Å². The number of rotatable bonds is 3. The summed E-state index contributed by atoms with van der Waals surface area (Å²) < 4.78 is 0. The van der Waals surface area contributed by atoms with Crippen LogP contribution in [0.1, 0.15) is 19.8 Å². The Kier molecular flexibility index (Phi) is 2.86. The molecule has 0 radical (unpaired) electrons. The van der Waals surface area contributed by atoms with Crippen molar-refractivity contribution in [2.45, 2.75) is 31.8 Å². The van der Waals surface area contributed by atoms with E-state index >= 15 is 0 Å². The Balaban J connectivity index is 1.85. The summed E-state index contributed by atoms with van der Waals surface area (Å²) >= 11 is 0. The van der Waals surface area contributed by atoms with Gasteiger partial charge in [-0.2, -0.15) is 0 Å². The number of aliphatic hydroxyl groups excluding tert-OH is 1. The van der Waals surface area contributed by atoms with Crippen molar-refractivity contribution in [3.8, 4) is 0 Å². The predicted octanol–water partition coefficient (Wildman–Crippen LogP) is 0.0510. The zero-order chi connectivity index (χ0) is 9.26. The summed E-state index contributed by atoms with van der Waals surface area (Å²) in [5, 5.41) is 12.5. The fourth-order valence-electron chi connectivity index (χ4n) is 2.59. The minimum Gasteiger partial charge on any atom is -0.395 e. The SMILES string of the molecule is CC(CO)NC1CCN2CCC1C2. The molecule has 0 aromatic rings. The Hall–Kier alpha value is -0.120. The van der Waals surface area contributed by atoms with E-state index in [1.54, 1.807) is 0 Å². The Labute approximate surface area is 80.1 Å². The van der Waals surface area contributed by atoms with Gasteiger partial charge in [0.2, 0.25) is 0 Å². The second-order valence-electron chi connectivity index (χ2n) is 4.49. The van der Waals surface area contributed by atoms with Gasteiger partial charge in [0.1, 0.15) is 0 Å². The largest absolute Gasteiger partial charge is 0.395 e. The number of hydrogen-bond acceptors (Lipinski definition) is 3. The van der Waals surface area contributed by atoms with Gasteiger partial charge in [-0.25, -0.2) is 0 Å². The lowest BCUT2D eigenvalue weighted by molar-refractivity contribution is 0.184. The zero-order valence-electron chi connectivity index (χ0n) is 8.37. The third-order valence-corrected chi connectivity index (χ3v) is 3.41. The van der Waals surface area contributed by atoms with E-state index in [9.17, 15) is 0 Å². The molecular weight excluding hydrogens is 164 g/mol. The van der Waals surface area contributed by atoms with E-state index < -0.39 is 0 Å². The first-order valence-corrected chi connectivity index (χ1v) is 5.39. The van der Waals surface area contributed by atoms with Crippen molar-refractivity contribution in [3.05, 3.63) is 0 Å². The fourth-order valence-corrected chi connectivity index (χ4v) is 2.59. The van der Waals surface area contributed by atoms with Crippen molar-refractivity contribution in [2.75, 3.05) is 26.2 Å². The number of piperidine rings is 1. The second-order valence-corrected chi connectivity index (χ2v) is 4.49. The number of fused-ring (bicyclic) bond motifs is 2. The molecule has 2 rings (SSSR count). The molecule has 2 fully saturated rings. The van der Waals surface area contributed by atoms with Gasteiger partial charge in [-0.1, -0.05) is 0 Å². The number of nitrogens with zero attached hydrogens (tertiary/aromatic N) is 1. The highest BCUT2D eigenvalue weighted by Gasteiger charge is 2.34. The van der Waals surface area contributed by atoms with Crippen LogP contribution in [0.2, 0.25) is 0 Å². The van der Waals surface area contributed by atoms with Gasteiger partial charge < -0.3 is 15.3 Å². The molecule has 2 N–H and O–H groups in total. The molecule has 2 bridgehead atoms. The summed E-state index contributed by atoms with van der Waals surface area (Å²) in [4.78, 5) is 2.55. The van der Waals surface area contributed by atoms with E-state index in [0.717, 1.165) is 5.92 Å². The Morgan fingerprint density at radius 2 is 2.23 bits per heavy atom. The lowest BCUT2D eigenvalue weighted by atomic mass is 9.93. The summed E-state index contributed by atoms with van der Waals surface area (Å²) in [6.07, 6.45) is 2.60. The molecule has 13 heavy (non-hydrogen) atoms. The fraction of sp³-hybridized carbons (Fsp3) is 1.00. The molecule has 0 amide bonds. The van der Waals surface area contributed by atoms with Gasteiger partial charge in [-0.15, -0.1) is 0 Å². The highest BCUT2D eigenvalue weighted by Crippen LogP contribution is 2.27. The first-order valence-electron chi connectivity index (χ1n) is 5.39. The first kappa shape index (κ1) is 9.44. The lowest BCUT2D eigenvalue weighted by Gasteiger charge is -2.32. The van der Waals surface area contributed by atoms with Crippen LogP contribution >= 0.6 is 0 Å². The van der Waals surface area contributed by atoms with E-state index in [1.165, 1.54) is 32.5 Å². The van der Waals surface area contributed by atoms with Crippen molar-refractivity contribution in [1.82, 2.24) is 10.2 Å². The molecule has 2 saturated heterocycles. The van der Waals surface area contributed by atoms with Gasteiger partial charge in [0.05, 0.1) is 6.61 Å². The molecule has 3 heteroatoms. The molecule has 2 aliphatic rings. The van der Waals surface area contributed by atoms with E-state index in [-0.39, 0.29) is 12.6 Å². The minimum absolute atomic E-state index is 0.257. The first-order chi connectivity index (χ1) is 6.29. The third-order valence-electron chi connectivity index (χ3n) is 3.41. The minimum atomic E-state index is 0.257. The molecule has 4 unspecified atom stereocenters. The molecule has 0 saturated carbocycles. The second kappa shape index (κ2) is 3.95. The molecular formula is C10H20N2O. The van der Waals surface area contributed by atoms with Crippen molar-refractivity contribution >= 4 is 0 Å². The van der Waals surface area contributed by atoms with Crippen LogP contribution in [0.5, 0.6) is 0 Å². The molecule has 2 heterocycles. The van der Waals surface area contributed by atoms with Gasteiger partial charge >= 0.3 is 0 Å². The Bertz CT molecular complexity index is 174. The highest BCUT2D eigenvalue weighted by molar-refractivity contribution is 4.91. The summed E-state index contributed by atoms with van der Waals surface area (Å²) in [6.45, 7) is 6.12. The average Bonchev–Trinajstić information content (AvgIpc) is 2.54. The van der Waals surface area contributed by atoms with Crippen molar-refractivity contribution < 1.29 is 5.11 Å². The summed E-state index contributed by atoms with van der Waals surface area (Å²) in [5.41, 5.74) is 0. The topological polar surface area (TPSA) is 35.5 Å². The smallest absolute Gasteiger partial charge is 0.0582 e. The molecule has 4 atom stereocenters. The Morgan fingerprint density at radius 1 is 1.46 bits per heavy atom. The normalized spacial score (nSPS) is 40.6. The van der Waals surface area contributed by atoms with Crippen LogP contribution in [-0.2, 0) is 0 Å². The van der Waals surface area contributed by atoms with Gasteiger partial charge in [0.15, 0.2) is 0 Å². The summed E-state index contributed by atoms with van der Waals surface area (Å²) in [6, 6.07) is 0.915. The standard InChI is InChI=1S/C10H20N2O/c1-8(7-13)11-10-3-5-12-4-2-9(10)6-12/h8-11,13H,2-7H2,1H3. The molecule has 3 nitrogen and oxygen atoms in total. The highest BCUT2D eigenvalue weighted by atomic mass is 16.3. The molecule has 2 aliphatic heterocycles. The van der Waals surface area contributed by atoms with Crippen LogP contribution in [0.25, 0.3) is 0 Å². The van der Waals surface area contributed by atoms with Crippen LogP contribution < -0.4 is 5.32 Å². The monoisotopic (exact) mass is 184 g/mol. The Morgan fingerprint density at radius 3 is 3.00 bits per heavy atom. The zero-order valence-corrected chi connectivity index (χ0v) is 8.37. The van der Waals surface area contributed by atoms with Crippen molar-refractivity contribution in [1.29, 1.82) is 0 Å². The maximum atomic E-state index is 8.96. The van der Waals surface area contributed by atoms with E-state index in [1.807, 2.05) is 0 Å². The lowest BCUT2D eigenvalue weighted by Crippen LogP contribution is -2.48. The van der Waals surface area contributed by atoms with Crippen molar-refractivity contribution in [2.24, 2.45) is 5.92 Å². The van der Waals surface area contributed by atoms with Crippen LogP contribution in [0.3, 0.4) is 0 Å². The maximum Gasteiger partial charge on any atom is 0.0582 e. The summed E-state index contributed by atoms with van der Waals surface area (Å²) in [7, 11) is 0. The number of aliphatic hydroxyl groups is 1. The van der Waals surface area contributed by atoms with Crippen LogP contribution in [-0.4, -0.2) is 48.3 Å². The quantitative estimate of drug-likeness (QED) is 0.650. The van der Waals surface area contributed by atoms with Gasteiger partial charge in [0.25, 0.3) is 0 Å². The number of nitrogens with one attached hydrogen (secondary N) is 1. The molecule has 76 valence electrons. The maximum absolute atomic E-state index is 8.96. The van der Waals surface area contributed by atoms with Gasteiger partial charge in [-0.05, 0) is 38.8 Å². The van der Waals surface area contributed by atoms with E-state index in [0.29, 0.717) is 6.04 Å². The molecule has 0 aromatic carbocycles. The van der Waals surface area contributed by atoms with E-state index in [4.69, 9.17) is 5.11 Å². The summed E-state index contributed by atoms with van der Waals surface area (Å²) in [5.74, 6) is 0.836. The van der Waals surface area contributed by atoms with Gasteiger partial charge in [-0.3, -0.25) is 0 Å². The predicted molar refractivity (Wildman–Crippen MR) is 52.6 cm³/mol.